The third-order valence-corrected chi connectivity index (χ3v) is 3.60. The molecule has 4 aliphatic rings. The van der Waals surface area contributed by atoms with Gasteiger partial charge in [-0.15, -0.1) is 0 Å². The van der Waals surface area contributed by atoms with Gasteiger partial charge >= 0.3 is 0 Å². The molecule has 1 saturated carbocycles. The quantitative estimate of drug-likeness (QED) is 0.432. The molecule has 0 unspecified atom stereocenters. The van der Waals surface area contributed by atoms with Gasteiger partial charge in [-0.1, -0.05) is 12.2 Å². The molecule has 3 aliphatic carbocycles. The Morgan fingerprint density at radius 1 is 1.00 bits per heavy atom. The number of carbonyl (C=O) groups is 2. The van der Waals surface area contributed by atoms with Gasteiger partial charge in [0.25, 0.3) is 0 Å². The Labute approximate surface area is 76.2 Å². The van der Waals surface area contributed by atoms with Gasteiger partial charge in [-0.3, -0.25) is 14.9 Å². The van der Waals surface area contributed by atoms with E-state index in [-0.39, 0.29) is 23.7 Å². The summed E-state index contributed by atoms with van der Waals surface area (Å²) in [5.74, 6) is 0.457. The highest BCUT2D eigenvalue weighted by Gasteiger charge is 2.52. The van der Waals surface area contributed by atoms with Crippen LogP contribution in [0.1, 0.15) is 12.8 Å². The Morgan fingerprint density at radius 2 is 1.46 bits per heavy atom. The van der Waals surface area contributed by atoms with E-state index in [0.29, 0.717) is 11.8 Å². The third-order valence-electron chi connectivity index (χ3n) is 3.60. The molecule has 0 aromatic rings. The minimum absolute atomic E-state index is 0.0451. The molecule has 1 aliphatic heterocycles. The first-order valence-corrected chi connectivity index (χ1v) is 4.80. The average Bonchev–Trinajstić information content (AvgIpc) is 2.47. The van der Waals surface area contributed by atoms with Gasteiger partial charge < -0.3 is 0 Å². The maximum absolute atomic E-state index is 11.4. The van der Waals surface area contributed by atoms with Crippen molar-refractivity contribution in [3.05, 3.63) is 12.2 Å². The number of hydrogen-bond donors (Lipinski definition) is 1. The average molecular weight is 177 g/mol. The summed E-state index contributed by atoms with van der Waals surface area (Å²) in [5, 5.41) is 2.44. The lowest BCUT2D eigenvalue weighted by Gasteiger charge is -2.38. The lowest BCUT2D eigenvalue weighted by atomic mass is 9.63. The first-order valence-electron chi connectivity index (χ1n) is 4.80. The molecule has 4 rings (SSSR count). The Hall–Kier alpha value is -1.12. The van der Waals surface area contributed by atoms with Crippen LogP contribution >= 0.6 is 0 Å². The number of amides is 2. The molecule has 1 heterocycles. The van der Waals surface area contributed by atoms with Crippen LogP contribution < -0.4 is 5.32 Å². The summed E-state index contributed by atoms with van der Waals surface area (Å²) in [6.45, 7) is 0. The van der Waals surface area contributed by atoms with Crippen molar-refractivity contribution in [3.63, 3.8) is 0 Å². The van der Waals surface area contributed by atoms with E-state index in [4.69, 9.17) is 0 Å². The van der Waals surface area contributed by atoms with Gasteiger partial charge in [0.2, 0.25) is 11.8 Å². The lowest BCUT2D eigenvalue weighted by Crippen LogP contribution is -2.38. The summed E-state index contributed by atoms with van der Waals surface area (Å²) in [5.41, 5.74) is 0. The second-order valence-corrected chi connectivity index (χ2v) is 4.20. The number of hydrogen-bond acceptors (Lipinski definition) is 2. The van der Waals surface area contributed by atoms with E-state index < -0.39 is 0 Å². The minimum Gasteiger partial charge on any atom is -0.296 e. The molecule has 2 amide bonds. The van der Waals surface area contributed by atoms with Crippen molar-refractivity contribution in [2.75, 3.05) is 0 Å². The van der Waals surface area contributed by atoms with Crippen LogP contribution in [0.3, 0.4) is 0 Å². The van der Waals surface area contributed by atoms with Crippen LogP contribution in [0.15, 0.2) is 12.2 Å². The van der Waals surface area contributed by atoms with E-state index in [0.717, 1.165) is 12.8 Å². The predicted molar refractivity (Wildman–Crippen MR) is 45.5 cm³/mol. The van der Waals surface area contributed by atoms with Crippen LogP contribution in [-0.4, -0.2) is 11.8 Å². The fourth-order valence-electron chi connectivity index (χ4n) is 3.00. The number of rotatable bonds is 0. The molecule has 13 heavy (non-hydrogen) atoms. The Kier molecular flexibility index (Phi) is 1.25. The van der Waals surface area contributed by atoms with Gasteiger partial charge in [-0.2, -0.15) is 0 Å². The van der Waals surface area contributed by atoms with Gasteiger partial charge in [0, 0.05) is 0 Å². The molecule has 0 aromatic heterocycles. The maximum atomic E-state index is 11.4. The van der Waals surface area contributed by atoms with Crippen molar-refractivity contribution in [2.24, 2.45) is 23.7 Å². The minimum atomic E-state index is -0.0472. The first-order chi connectivity index (χ1) is 6.27. The summed E-state index contributed by atoms with van der Waals surface area (Å²) < 4.78 is 0. The van der Waals surface area contributed by atoms with Crippen molar-refractivity contribution in [1.82, 2.24) is 5.32 Å². The van der Waals surface area contributed by atoms with Crippen LogP contribution in [0.25, 0.3) is 0 Å². The second-order valence-electron chi connectivity index (χ2n) is 4.20. The number of fused-ring (bicyclic) bond motifs is 1. The second kappa shape index (κ2) is 2.22. The van der Waals surface area contributed by atoms with E-state index in [1.807, 2.05) is 0 Å². The highest BCUT2D eigenvalue weighted by molar-refractivity contribution is 6.05. The molecule has 0 spiro atoms. The van der Waals surface area contributed by atoms with Gasteiger partial charge in [0.05, 0.1) is 11.8 Å². The topological polar surface area (TPSA) is 46.2 Å². The summed E-state index contributed by atoms with van der Waals surface area (Å²) in [7, 11) is 0. The maximum Gasteiger partial charge on any atom is 0.231 e. The molecule has 2 fully saturated rings. The number of nitrogens with one attached hydrogen (secondary N) is 1. The SMILES string of the molecule is O=C1NC(=O)[C@H]2[C@@H]1[C@H]1C=C[C@@H]2CC1. The fourth-order valence-corrected chi connectivity index (χ4v) is 3.00. The van der Waals surface area contributed by atoms with Crippen molar-refractivity contribution >= 4 is 11.8 Å². The van der Waals surface area contributed by atoms with Crippen molar-refractivity contribution in [2.45, 2.75) is 12.8 Å². The molecular formula is C10H11NO2. The molecule has 1 N–H and O–H groups in total. The van der Waals surface area contributed by atoms with Crippen LogP contribution in [0.2, 0.25) is 0 Å². The van der Waals surface area contributed by atoms with E-state index >= 15 is 0 Å². The summed E-state index contributed by atoms with van der Waals surface area (Å²) in [6, 6.07) is 0. The highest BCUT2D eigenvalue weighted by atomic mass is 16.2. The largest absolute Gasteiger partial charge is 0.296 e. The number of allylic oxidation sites excluding steroid dienone is 2. The zero-order valence-corrected chi connectivity index (χ0v) is 7.19. The molecule has 1 saturated heterocycles. The zero-order valence-electron chi connectivity index (χ0n) is 7.19. The third kappa shape index (κ3) is 0.794. The van der Waals surface area contributed by atoms with Crippen molar-refractivity contribution in [3.8, 4) is 0 Å². The summed E-state index contributed by atoms with van der Waals surface area (Å²) in [4.78, 5) is 22.9. The molecule has 3 heteroatoms. The lowest BCUT2D eigenvalue weighted by molar-refractivity contribution is -0.126. The zero-order chi connectivity index (χ0) is 9.00. The number of carbonyl (C=O) groups excluding carboxylic acids is 2. The van der Waals surface area contributed by atoms with E-state index in [2.05, 4.69) is 17.5 Å². The molecule has 2 bridgehead atoms. The predicted octanol–water partition coefficient (Wildman–Crippen LogP) is 0.471. The number of imide groups is 1. The molecule has 0 radical (unpaired) electrons. The monoisotopic (exact) mass is 177 g/mol. The smallest absolute Gasteiger partial charge is 0.231 e. The summed E-state index contributed by atoms with van der Waals surface area (Å²) >= 11 is 0. The van der Waals surface area contributed by atoms with Crippen LogP contribution in [0, 0.1) is 23.7 Å². The highest BCUT2D eigenvalue weighted by Crippen LogP contribution is 2.46. The van der Waals surface area contributed by atoms with Gasteiger partial charge in [0.15, 0.2) is 0 Å². The molecule has 68 valence electrons. The molecular weight excluding hydrogens is 166 g/mol. The summed E-state index contributed by atoms with van der Waals surface area (Å²) in [6.07, 6.45) is 6.38. The van der Waals surface area contributed by atoms with Gasteiger partial charge in [0.1, 0.15) is 0 Å². The fraction of sp³-hybridized carbons (Fsp3) is 0.600. The van der Waals surface area contributed by atoms with Gasteiger partial charge in [-0.25, -0.2) is 0 Å². The van der Waals surface area contributed by atoms with E-state index in [1.165, 1.54) is 0 Å². The van der Waals surface area contributed by atoms with Crippen LogP contribution in [0.4, 0.5) is 0 Å². The Balaban J connectivity index is 2.07. The normalized spacial score (nSPS) is 46.5. The van der Waals surface area contributed by atoms with Crippen molar-refractivity contribution in [1.29, 1.82) is 0 Å². The standard InChI is InChI=1S/C10H11NO2/c12-9-7-5-1-2-6(4-3-5)8(7)10(13)11-9/h1-2,5-8H,3-4H2,(H,11,12,13)/t5-,6+,7-,8+. The van der Waals surface area contributed by atoms with E-state index in [1.54, 1.807) is 0 Å². The first kappa shape index (κ1) is 7.30. The van der Waals surface area contributed by atoms with Crippen LogP contribution in [0.5, 0.6) is 0 Å². The molecule has 0 aromatic carbocycles. The van der Waals surface area contributed by atoms with Crippen LogP contribution in [-0.2, 0) is 9.59 Å². The van der Waals surface area contributed by atoms with Gasteiger partial charge in [-0.05, 0) is 24.7 Å². The van der Waals surface area contributed by atoms with Crippen molar-refractivity contribution < 1.29 is 9.59 Å². The Bertz CT molecular complexity index is 291. The molecule has 3 nitrogen and oxygen atoms in total. The molecule has 4 atom stereocenters. The van der Waals surface area contributed by atoms with E-state index in [9.17, 15) is 9.59 Å². The Morgan fingerprint density at radius 3 is 1.85 bits per heavy atom.